The lowest BCUT2D eigenvalue weighted by Crippen LogP contribution is -2.46. The number of rotatable bonds is 4. The van der Waals surface area contributed by atoms with Crippen LogP contribution >= 0.6 is 0 Å². The van der Waals surface area contributed by atoms with Gasteiger partial charge in [0.25, 0.3) is 0 Å². The first-order valence-electron chi connectivity index (χ1n) is 7.18. The third-order valence-corrected chi connectivity index (χ3v) is 6.08. The number of likely N-dealkylation sites (N-methyl/N-ethyl adjacent to an activating group) is 1. The Morgan fingerprint density at radius 3 is 2.52 bits per heavy atom. The van der Waals surface area contributed by atoms with E-state index in [1.807, 2.05) is 6.92 Å². The molecule has 5 nitrogen and oxygen atoms in total. The molecule has 0 aromatic heterocycles. The van der Waals surface area contributed by atoms with Gasteiger partial charge < -0.3 is 9.84 Å². The Morgan fingerprint density at radius 1 is 1.29 bits per heavy atom. The van der Waals surface area contributed by atoms with E-state index >= 15 is 0 Å². The second kappa shape index (κ2) is 6.34. The number of hydrogen-bond donors (Lipinski definition) is 1. The van der Waals surface area contributed by atoms with Crippen LogP contribution in [0.1, 0.15) is 31.2 Å². The Labute approximate surface area is 126 Å². The third kappa shape index (κ3) is 3.22. The minimum absolute atomic E-state index is 0.237. The van der Waals surface area contributed by atoms with Crippen LogP contribution in [0.2, 0.25) is 0 Å². The zero-order valence-corrected chi connectivity index (χ0v) is 13.6. The molecule has 0 heterocycles. The number of ether oxygens (including phenoxy) is 1. The lowest BCUT2D eigenvalue weighted by Gasteiger charge is -2.34. The quantitative estimate of drug-likeness (QED) is 0.922. The molecule has 0 spiro atoms. The topological polar surface area (TPSA) is 66.8 Å². The molecule has 118 valence electrons. The minimum atomic E-state index is -3.60. The van der Waals surface area contributed by atoms with Crippen molar-refractivity contribution in [2.75, 3.05) is 14.2 Å². The molecular formula is C15H23NO4S. The molecule has 0 aliphatic heterocycles. The fourth-order valence-electron chi connectivity index (χ4n) is 2.87. The van der Waals surface area contributed by atoms with Gasteiger partial charge >= 0.3 is 0 Å². The summed E-state index contributed by atoms with van der Waals surface area (Å²) in [5.74, 6) is 0.661. The van der Waals surface area contributed by atoms with Crippen LogP contribution < -0.4 is 4.74 Å². The molecule has 1 fully saturated rings. The second-order valence-electron chi connectivity index (χ2n) is 5.57. The third-order valence-electron chi connectivity index (χ3n) is 4.20. The van der Waals surface area contributed by atoms with Crippen molar-refractivity contribution in [1.82, 2.24) is 4.31 Å². The van der Waals surface area contributed by atoms with E-state index in [4.69, 9.17) is 4.74 Å². The lowest BCUT2D eigenvalue weighted by molar-refractivity contribution is 0.0638. The maximum atomic E-state index is 12.7. The Balaban J connectivity index is 2.30. The second-order valence-corrected chi connectivity index (χ2v) is 7.57. The summed E-state index contributed by atoms with van der Waals surface area (Å²) >= 11 is 0. The Kier molecular flexibility index (Phi) is 4.91. The van der Waals surface area contributed by atoms with E-state index in [0.29, 0.717) is 18.6 Å². The molecule has 0 bridgehead atoms. The average Bonchev–Trinajstić information content (AvgIpc) is 2.47. The van der Waals surface area contributed by atoms with Crippen molar-refractivity contribution in [2.45, 2.75) is 49.6 Å². The fourth-order valence-corrected chi connectivity index (χ4v) is 4.37. The molecule has 1 aromatic rings. The number of nitrogens with zero attached hydrogens (tertiary/aromatic N) is 1. The summed E-state index contributed by atoms with van der Waals surface area (Å²) in [6.07, 6.45) is 2.67. The predicted molar refractivity (Wildman–Crippen MR) is 80.9 cm³/mol. The maximum absolute atomic E-state index is 12.7. The molecule has 2 atom stereocenters. The highest BCUT2D eigenvalue weighted by Crippen LogP contribution is 2.28. The largest absolute Gasteiger partial charge is 0.496 e. The van der Waals surface area contributed by atoms with Gasteiger partial charge in [-0.3, -0.25) is 0 Å². The summed E-state index contributed by atoms with van der Waals surface area (Å²) in [5, 5.41) is 10.1. The van der Waals surface area contributed by atoms with E-state index in [9.17, 15) is 13.5 Å². The van der Waals surface area contributed by atoms with Crippen LogP contribution in [0.4, 0.5) is 0 Å². The monoisotopic (exact) mass is 313 g/mol. The van der Waals surface area contributed by atoms with Gasteiger partial charge in [-0.2, -0.15) is 4.31 Å². The van der Waals surface area contributed by atoms with Gasteiger partial charge in [-0.05, 0) is 43.5 Å². The van der Waals surface area contributed by atoms with Crippen molar-refractivity contribution in [3.63, 3.8) is 0 Å². The van der Waals surface area contributed by atoms with Crippen molar-refractivity contribution in [2.24, 2.45) is 0 Å². The number of aryl methyl sites for hydroxylation is 1. The number of methoxy groups -OCH3 is 1. The summed E-state index contributed by atoms with van der Waals surface area (Å²) in [6.45, 7) is 1.81. The van der Waals surface area contributed by atoms with Gasteiger partial charge in [-0.1, -0.05) is 12.8 Å². The number of hydrogen-bond acceptors (Lipinski definition) is 4. The SMILES string of the molecule is COc1ccc(S(=O)(=O)N(C)[C@H]2CCCC[C@H]2O)cc1C. The van der Waals surface area contributed by atoms with Gasteiger partial charge in [0.1, 0.15) is 5.75 Å². The van der Waals surface area contributed by atoms with Crippen molar-refractivity contribution >= 4 is 10.0 Å². The molecular weight excluding hydrogens is 290 g/mol. The molecule has 6 heteroatoms. The van der Waals surface area contributed by atoms with Gasteiger partial charge in [0.05, 0.1) is 24.2 Å². The van der Waals surface area contributed by atoms with Gasteiger partial charge in [0.2, 0.25) is 10.0 Å². The Morgan fingerprint density at radius 2 is 1.95 bits per heavy atom. The first kappa shape index (κ1) is 16.3. The van der Waals surface area contributed by atoms with Crippen LogP contribution in [0, 0.1) is 6.92 Å². The minimum Gasteiger partial charge on any atom is -0.496 e. The van der Waals surface area contributed by atoms with Gasteiger partial charge in [0, 0.05) is 7.05 Å². The highest BCUT2D eigenvalue weighted by molar-refractivity contribution is 7.89. The van der Waals surface area contributed by atoms with Crippen LogP contribution in [-0.4, -0.2) is 44.1 Å². The lowest BCUT2D eigenvalue weighted by atomic mass is 9.93. The molecule has 2 rings (SSSR count). The van der Waals surface area contributed by atoms with E-state index in [2.05, 4.69) is 0 Å². The van der Waals surface area contributed by atoms with Gasteiger partial charge in [0.15, 0.2) is 0 Å². The van der Waals surface area contributed by atoms with E-state index in [0.717, 1.165) is 18.4 Å². The van der Waals surface area contributed by atoms with Gasteiger partial charge in [-0.25, -0.2) is 8.42 Å². The van der Waals surface area contributed by atoms with E-state index in [-0.39, 0.29) is 10.9 Å². The fraction of sp³-hybridized carbons (Fsp3) is 0.600. The van der Waals surface area contributed by atoms with Gasteiger partial charge in [-0.15, -0.1) is 0 Å². The molecule has 1 aromatic carbocycles. The molecule has 21 heavy (non-hydrogen) atoms. The number of aliphatic hydroxyl groups excluding tert-OH is 1. The van der Waals surface area contributed by atoms with E-state index < -0.39 is 16.1 Å². The molecule has 1 N–H and O–H groups in total. The van der Waals surface area contributed by atoms with Crippen LogP contribution in [0.3, 0.4) is 0 Å². The molecule has 1 aliphatic carbocycles. The van der Waals surface area contributed by atoms with Crippen molar-refractivity contribution in [1.29, 1.82) is 0 Å². The number of aliphatic hydroxyl groups is 1. The summed E-state index contributed by atoms with van der Waals surface area (Å²) < 4.78 is 31.9. The summed E-state index contributed by atoms with van der Waals surface area (Å²) in [6, 6.07) is 4.48. The number of sulfonamides is 1. The molecule has 0 radical (unpaired) electrons. The first-order valence-corrected chi connectivity index (χ1v) is 8.62. The zero-order chi connectivity index (χ0) is 15.6. The smallest absolute Gasteiger partial charge is 0.243 e. The highest BCUT2D eigenvalue weighted by Gasteiger charge is 2.34. The standard InChI is InChI=1S/C15H23NO4S/c1-11-10-12(8-9-15(11)20-3)21(18,19)16(2)13-6-4-5-7-14(13)17/h8-10,13-14,17H,4-7H2,1-3H3/t13-,14+/m0/s1. The molecule has 0 unspecified atom stereocenters. The van der Waals surface area contributed by atoms with Crippen LogP contribution in [0.15, 0.2) is 23.1 Å². The Hall–Kier alpha value is -1.11. The zero-order valence-electron chi connectivity index (χ0n) is 12.7. The molecule has 1 saturated carbocycles. The normalized spacial score (nSPS) is 23.3. The van der Waals surface area contributed by atoms with Crippen LogP contribution in [0.25, 0.3) is 0 Å². The average molecular weight is 313 g/mol. The van der Waals surface area contributed by atoms with Crippen LogP contribution in [-0.2, 0) is 10.0 Å². The van der Waals surface area contributed by atoms with Crippen molar-refractivity contribution in [3.8, 4) is 5.75 Å². The summed E-state index contributed by atoms with van der Waals surface area (Å²) in [4.78, 5) is 0.237. The van der Waals surface area contributed by atoms with Crippen LogP contribution in [0.5, 0.6) is 5.75 Å². The summed E-state index contributed by atoms with van der Waals surface area (Å²) in [5.41, 5.74) is 0.774. The highest BCUT2D eigenvalue weighted by atomic mass is 32.2. The van der Waals surface area contributed by atoms with E-state index in [1.54, 1.807) is 32.4 Å². The number of benzene rings is 1. The summed E-state index contributed by atoms with van der Waals surface area (Å²) in [7, 11) is -0.495. The van der Waals surface area contributed by atoms with E-state index in [1.165, 1.54) is 4.31 Å². The molecule has 0 saturated heterocycles. The molecule has 0 amide bonds. The van der Waals surface area contributed by atoms with Crippen molar-refractivity contribution in [3.05, 3.63) is 23.8 Å². The Bertz CT molecular complexity index is 600. The first-order chi connectivity index (χ1) is 9.87. The van der Waals surface area contributed by atoms with Crippen molar-refractivity contribution < 1.29 is 18.3 Å². The maximum Gasteiger partial charge on any atom is 0.243 e. The molecule has 1 aliphatic rings. The predicted octanol–water partition coefficient (Wildman–Crippen LogP) is 1.93.